The zero-order valence-corrected chi connectivity index (χ0v) is 15.9. The van der Waals surface area contributed by atoms with Crippen molar-refractivity contribution >= 4 is 11.8 Å². The number of hydrogen-bond donors (Lipinski definition) is 1. The van der Waals surface area contributed by atoms with E-state index in [9.17, 15) is 9.59 Å². The molecule has 1 unspecified atom stereocenters. The van der Waals surface area contributed by atoms with E-state index in [4.69, 9.17) is 4.74 Å². The Labute approximate surface area is 157 Å². The van der Waals surface area contributed by atoms with Crippen LogP contribution in [0.2, 0.25) is 0 Å². The van der Waals surface area contributed by atoms with Crippen LogP contribution in [-0.4, -0.2) is 74.3 Å². The number of likely N-dealkylation sites (tertiary alicyclic amines) is 1. The number of amides is 2. The number of carbonyl (C=O) groups excluding carboxylic acids is 2. The lowest BCUT2D eigenvalue weighted by Gasteiger charge is -2.24. The molecule has 2 aromatic rings. The van der Waals surface area contributed by atoms with Crippen molar-refractivity contribution in [2.45, 2.75) is 32.4 Å². The van der Waals surface area contributed by atoms with Crippen molar-refractivity contribution in [3.05, 3.63) is 29.3 Å². The Morgan fingerprint density at radius 3 is 2.93 bits per heavy atom. The van der Waals surface area contributed by atoms with Crippen molar-refractivity contribution in [1.29, 1.82) is 0 Å². The summed E-state index contributed by atoms with van der Waals surface area (Å²) in [5.41, 5.74) is 1.65. The summed E-state index contributed by atoms with van der Waals surface area (Å²) < 4.78 is 8.14. The summed E-state index contributed by atoms with van der Waals surface area (Å²) in [6, 6.07) is 1.81. The number of methoxy groups -OCH3 is 1. The van der Waals surface area contributed by atoms with Crippen LogP contribution in [0.4, 0.5) is 0 Å². The molecule has 2 amide bonds. The highest BCUT2D eigenvalue weighted by Gasteiger charge is 2.31. The van der Waals surface area contributed by atoms with E-state index in [0.29, 0.717) is 31.9 Å². The third kappa shape index (κ3) is 4.33. The monoisotopic (exact) mass is 375 g/mol. The van der Waals surface area contributed by atoms with E-state index < -0.39 is 0 Å². The summed E-state index contributed by atoms with van der Waals surface area (Å²) in [6.07, 6.45) is 3.43. The maximum absolute atomic E-state index is 12.9. The molecule has 1 aliphatic rings. The lowest BCUT2D eigenvalue weighted by Crippen LogP contribution is -2.39. The van der Waals surface area contributed by atoms with Crippen molar-refractivity contribution in [2.24, 2.45) is 7.05 Å². The summed E-state index contributed by atoms with van der Waals surface area (Å²) in [7, 11) is 3.35. The summed E-state index contributed by atoms with van der Waals surface area (Å²) in [4.78, 5) is 26.8. The van der Waals surface area contributed by atoms with Crippen LogP contribution in [0.5, 0.6) is 0 Å². The molecule has 0 aliphatic carbocycles. The summed E-state index contributed by atoms with van der Waals surface area (Å²) in [5.74, 6) is -0.318. The van der Waals surface area contributed by atoms with E-state index >= 15 is 0 Å². The van der Waals surface area contributed by atoms with Crippen molar-refractivity contribution in [3.8, 4) is 0 Å². The molecular weight excluding hydrogens is 350 g/mol. The van der Waals surface area contributed by atoms with Gasteiger partial charge in [0.25, 0.3) is 11.8 Å². The number of aryl methyl sites for hydroxylation is 2. The number of hydrogen-bond acceptors (Lipinski definition) is 6. The number of rotatable bonds is 7. The van der Waals surface area contributed by atoms with Crippen LogP contribution < -0.4 is 5.32 Å². The van der Waals surface area contributed by atoms with Crippen LogP contribution in [0.25, 0.3) is 0 Å². The van der Waals surface area contributed by atoms with Gasteiger partial charge in [0.15, 0.2) is 5.69 Å². The molecule has 1 saturated heterocycles. The Hall–Kier alpha value is -2.75. The van der Waals surface area contributed by atoms with Gasteiger partial charge in [0, 0.05) is 27.2 Å². The molecule has 2 aromatic heterocycles. The van der Waals surface area contributed by atoms with Gasteiger partial charge in [0.1, 0.15) is 5.69 Å². The molecule has 10 nitrogen and oxygen atoms in total. The largest absolute Gasteiger partial charge is 0.383 e. The molecule has 0 saturated carbocycles. The fourth-order valence-corrected chi connectivity index (χ4v) is 3.32. The number of nitrogens with zero attached hydrogens (tertiary/aromatic N) is 6. The molecule has 0 bridgehead atoms. The second kappa shape index (κ2) is 8.30. The zero-order chi connectivity index (χ0) is 19.4. The van der Waals surface area contributed by atoms with E-state index in [1.807, 2.05) is 11.8 Å². The minimum absolute atomic E-state index is 0.0128. The number of ether oxygens (including phenoxy) is 1. The van der Waals surface area contributed by atoms with E-state index in [1.54, 1.807) is 35.8 Å². The standard InChI is InChI=1S/C17H25N7O3/c1-12-9-15(22(2)20-12)17(26)24-7-4-5-13(24)10-23-11-14(19-21-23)16(25)18-6-8-27-3/h9,11,13H,4-8,10H2,1-3H3,(H,18,25). The first-order valence-electron chi connectivity index (χ1n) is 8.98. The Morgan fingerprint density at radius 2 is 2.22 bits per heavy atom. The van der Waals surface area contributed by atoms with Crippen LogP contribution in [0, 0.1) is 6.92 Å². The lowest BCUT2D eigenvalue weighted by atomic mass is 10.2. The molecule has 1 atom stereocenters. The SMILES string of the molecule is COCCNC(=O)c1cn(CC2CCCN2C(=O)c2cc(C)nn2C)nn1. The number of carbonyl (C=O) groups is 2. The Kier molecular flexibility index (Phi) is 5.84. The molecule has 1 N–H and O–H groups in total. The minimum Gasteiger partial charge on any atom is -0.383 e. The van der Waals surface area contributed by atoms with Gasteiger partial charge in [-0.05, 0) is 25.8 Å². The quantitative estimate of drug-likeness (QED) is 0.683. The third-order valence-corrected chi connectivity index (χ3v) is 4.62. The van der Waals surface area contributed by atoms with Crippen LogP contribution >= 0.6 is 0 Å². The first-order valence-corrected chi connectivity index (χ1v) is 8.98. The molecule has 3 heterocycles. The van der Waals surface area contributed by atoms with E-state index in [0.717, 1.165) is 18.5 Å². The average Bonchev–Trinajstić information content (AvgIpc) is 3.35. The zero-order valence-electron chi connectivity index (χ0n) is 15.9. The van der Waals surface area contributed by atoms with Crippen LogP contribution in [0.3, 0.4) is 0 Å². The molecule has 0 aromatic carbocycles. The average molecular weight is 375 g/mol. The maximum atomic E-state index is 12.9. The molecule has 1 fully saturated rings. The normalized spacial score (nSPS) is 16.7. The van der Waals surface area contributed by atoms with Crippen molar-refractivity contribution in [2.75, 3.05) is 26.8 Å². The second-order valence-electron chi connectivity index (χ2n) is 6.66. The molecule has 1 aliphatic heterocycles. The smallest absolute Gasteiger partial charge is 0.273 e. The highest BCUT2D eigenvalue weighted by molar-refractivity contribution is 5.93. The summed E-state index contributed by atoms with van der Waals surface area (Å²) in [6.45, 7) is 3.92. The first kappa shape index (κ1) is 19.0. The summed E-state index contributed by atoms with van der Waals surface area (Å²) in [5, 5.41) is 14.9. The van der Waals surface area contributed by atoms with Crippen LogP contribution in [0.1, 0.15) is 39.5 Å². The fourth-order valence-electron chi connectivity index (χ4n) is 3.32. The molecule has 10 heteroatoms. The molecule has 3 rings (SSSR count). The van der Waals surface area contributed by atoms with Crippen molar-refractivity contribution < 1.29 is 14.3 Å². The summed E-state index contributed by atoms with van der Waals surface area (Å²) >= 11 is 0. The molecule has 146 valence electrons. The minimum atomic E-state index is -0.289. The number of aromatic nitrogens is 5. The Morgan fingerprint density at radius 1 is 1.41 bits per heavy atom. The van der Waals surface area contributed by atoms with Crippen molar-refractivity contribution in [3.63, 3.8) is 0 Å². The van der Waals surface area contributed by atoms with Gasteiger partial charge in [-0.3, -0.25) is 14.3 Å². The second-order valence-corrected chi connectivity index (χ2v) is 6.66. The molecule has 27 heavy (non-hydrogen) atoms. The van der Waals surface area contributed by atoms with Gasteiger partial charge in [-0.25, -0.2) is 4.68 Å². The Bertz CT molecular complexity index is 813. The topological polar surface area (TPSA) is 107 Å². The van der Waals surface area contributed by atoms with Gasteiger partial charge in [0.05, 0.1) is 31.1 Å². The van der Waals surface area contributed by atoms with Gasteiger partial charge >= 0.3 is 0 Å². The molecule has 0 radical (unpaired) electrons. The lowest BCUT2D eigenvalue weighted by molar-refractivity contribution is 0.0709. The predicted molar refractivity (Wildman–Crippen MR) is 96.2 cm³/mol. The highest BCUT2D eigenvalue weighted by Crippen LogP contribution is 2.21. The molecule has 0 spiro atoms. The molecular formula is C17H25N7O3. The van der Waals surface area contributed by atoms with Crippen LogP contribution in [0.15, 0.2) is 12.3 Å². The van der Waals surface area contributed by atoms with Gasteiger partial charge in [0.2, 0.25) is 0 Å². The van der Waals surface area contributed by atoms with Gasteiger partial charge in [-0.1, -0.05) is 5.21 Å². The van der Waals surface area contributed by atoms with E-state index in [1.165, 1.54) is 0 Å². The van der Waals surface area contributed by atoms with Crippen molar-refractivity contribution in [1.82, 2.24) is 35.0 Å². The highest BCUT2D eigenvalue weighted by atomic mass is 16.5. The van der Waals surface area contributed by atoms with Gasteiger partial charge in [-0.2, -0.15) is 5.10 Å². The number of nitrogens with one attached hydrogen (secondary N) is 1. The maximum Gasteiger partial charge on any atom is 0.273 e. The van der Waals surface area contributed by atoms with Crippen LogP contribution in [-0.2, 0) is 18.3 Å². The first-order chi connectivity index (χ1) is 13.0. The van der Waals surface area contributed by atoms with Gasteiger partial charge < -0.3 is 15.0 Å². The Balaban J connectivity index is 1.64. The van der Waals surface area contributed by atoms with Gasteiger partial charge in [-0.15, -0.1) is 5.10 Å². The third-order valence-electron chi connectivity index (χ3n) is 4.62. The fraction of sp³-hybridized carbons (Fsp3) is 0.588. The predicted octanol–water partition coefficient (Wildman–Crippen LogP) is 0.00102. The van der Waals surface area contributed by atoms with E-state index in [-0.39, 0.29) is 23.6 Å². The van der Waals surface area contributed by atoms with E-state index in [2.05, 4.69) is 20.7 Å².